The van der Waals surface area contributed by atoms with Gasteiger partial charge in [0.15, 0.2) is 0 Å². The van der Waals surface area contributed by atoms with Crippen molar-refractivity contribution in [2.45, 2.75) is 19.5 Å². The maximum atomic E-state index is 10.6. The number of non-ortho nitro benzene ring substituents is 1. The van der Waals surface area contributed by atoms with Crippen LogP contribution in [0, 0.1) is 22.0 Å². The summed E-state index contributed by atoms with van der Waals surface area (Å²) in [6.07, 6.45) is 0. The van der Waals surface area contributed by atoms with E-state index in [0.717, 1.165) is 43.6 Å². The van der Waals surface area contributed by atoms with Crippen molar-refractivity contribution in [1.29, 1.82) is 0 Å². The van der Waals surface area contributed by atoms with Crippen LogP contribution >= 0.6 is 0 Å². The van der Waals surface area contributed by atoms with Gasteiger partial charge in [-0.2, -0.15) is 0 Å². The quantitative estimate of drug-likeness (QED) is 0.663. The minimum Gasteiger partial charge on any atom is -0.316 e. The fourth-order valence-electron chi connectivity index (χ4n) is 3.42. The highest BCUT2D eigenvalue weighted by atomic mass is 16.6. The average Bonchev–Trinajstić information content (AvgIpc) is 2.95. The van der Waals surface area contributed by atoms with Gasteiger partial charge in [0.05, 0.1) is 4.92 Å². The second-order valence-electron chi connectivity index (χ2n) is 5.68. The second-order valence-corrected chi connectivity index (χ2v) is 5.68. The van der Waals surface area contributed by atoms with Gasteiger partial charge in [-0.3, -0.25) is 15.0 Å². The lowest BCUT2D eigenvalue weighted by atomic mass is 9.95. The smallest absolute Gasteiger partial charge is 0.269 e. The van der Waals surface area contributed by atoms with Crippen molar-refractivity contribution in [3.8, 4) is 0 Å². The largest absolute Gasteiger partial charge is 0.316 e. The van der Waals surface area contributed by atoms with Gasteiger partial charge in [-0.25, -0.2) is 0 Å². The second kappa shape index (κ2) is 4.90. The number of benzene rings is 1. The lowest BCUT2D eigenvalue weighted by Crippen LogP contribution is -2.32. The zero-order valence-electron chi connectivity index (χ0n) is 11.1. The van der Waals surface area contributed by atoms with Crippen LogP contribution in [0.2, 0.25) is 0 Å². The Kier molecular flexibility index (Phi) is 3.24. The lowest BCUT2D eigenvalue weighted by molar-refractivity contribution is -0.384. The van der Waals surface area contributed by atoms with Crippen LogP contribution in [0.15, 0.2) is 24.3 Å². The van der Waals surface area contributed by atoms with Crippen molar-refractivity contribution >= 4 is 5.69 Å². The normalized spacial score (nSPS) is 30.5. The first-order chi connectivity index (χ1) is 9.15. The monoisotopic (exact) mass is 261 g/mol. The number of likely N-dealkylation sites (tertiary alicyclic amines) is 1. The minimum absolute atomic E-state index is 0.166. The van der Waals surface area contributed by atoms with Gasteiger partial charge in [-0.15, -0.1) is 0 Å². The summed E-state index contributed by atoms with van der Waals surface area (Å²) >= 11 is 0. The van der Waals surface area contributed by atoms with Crippen LogP contribution in [0.5, 0.6) is 0 Å². The number of nitro benzene ring substituents is 1. The molecule has 2 fully saturated rings. The Morgan fingerprint density at radius 3 is 2.74 bits per heavy atom. The van der Waals surface area contributed by atoms with Gasteiger partial charge in [-0.05, 0) is 37.4 Å². The van der Waals surface area contributed by atoms with Gasteiger partial charge in [0.1, 0.15) is 0 Å². The maximum absolute atomic E-state index is 10.6. The number of fused-ring (bicyclic) bond motifs is 1. The molecule has 0 amide bonds. The summed E-state index contributed by atoms with van der Waals surface area (Å²) in [5, 5.41) is 14.1. The van der Waals surface area contributed by atoms with E-state index in [9.17, 15) is 10.1 Å². The highest BCUT2D eigenvalue weighted by molar-refractivity contribution is 5.32. The number of hydrogen-bond donors (Lipinski definition) is 1. The van der Waals surface area contributed by atoms with Crippen LogP contribution in [0.4, 0.5) is 5.69 Å². The standard InChI is InChI=1S/C14H19N3O2/c1-10-14-7-15-6-12(14)9-16(10)8-11-2-4-13(5-3-11)17(18)19/h2-5,10,12,14-15H,6-9H2,1H3. The van der Waals surface area contributed by atoms with Gasteiger partial charge in [0.25, 0.3) is 5.69 Å². The molecular formula is C14H19N3O2. The van der Waals surface area contributed by atoms with Crippen molar-refractivity contribution in [2.75, 3.05) is 19.6 Å². The summed E-state index contributed by atoms with van der Waals surface area (Å²) in [6.45, 7) is 6.58. The molecule has 2 saturated heterocycles. The molecule has 5 heteroatoms. The lowest BCUT2D eigenvalue weighted by Gasteiger charge is -2.24. The SMILES string of the molecule is CC1C2CNCC2CN1Cc1ccc([N+](=O)[O-])cc1. The van der Waals surface area contributed by atoms with Crippen LogP contribution in [0.1, 0.15) is 12.5 Å². The topological polar surface area (TPSA) is 58.4 Å². The summed E-state index contributed by atoms with van der Waals surface area (Å²) in [6, 6.07) is 7.53. The molecule has 3 rings (SSSR count). The highest BCUT2D eigenvalue weighted by Crippen LogP contribution is 2.33. The molecule has 0 bridgehead atoms. The van der Waals surface area contributed by atoms with Crippen molar-refractivity contribution in [3.05, 3.63) is 39.9 Å². The molecule has 2 aliphatic rings. The third kappa shape index (κ3) is 2.35. The van der Waals surface area contributed by atoms with E-state index in [2.05, 4.69) is 17.1 Å². The molecule has 0 aliphatic carbocycles. The molecule has 0 aromatic heterocycles. The molecule has 1 aromatic carbocycles. The molecule has 0 radical (unpaired) electrons. The third-order valence-electron chi connectivity index (χ3n) is 4.59. The molecule has 2 heterocycles. The highest BCUT2D eigenvalue weighted by Gasteiger charge is 2.41. The maximum Gasteiger partial charge on any atom is 0.269 e. The van der Waals surface area contributed by atoms with Crippen molar-refractivity contribution in [1.82, 2.24) is 10.2 Å². The Morgan fingerprint density at radius 1 is 1.37 bits per heavy atom. The van der Waals surface area contributed by atoms with Crippen molar-refractivity contribution in [2.24, 2.45) is 11.8 Å². The Hall–Kier alpha value is -1.46. The zero-order valence-corrected chi connectivity index (χ0v) is 11.1. The Balaban J connectivity index is 1.67. The molecule has 0 saturated carbocycles. The predicted molar refractivity (Wildman–Crippen MR) is 72.8 cm³/mol. The molecule has 5 nitrogen and oxygen atoms in total. The zero-order chi connectivity index (χ0) is 13.4. The van der Waals surface area contributed by atoms with E-state index in [1.165, 1.54) is 0 Å². The molecule has 1 N–H and O–H groups in total. The summed E-state index contributed by atoms with van der Waals surface area (Å²) in [5.41, 5.74) is 1.32. The van der Waals surface area contributed by atoms with Crippen molar-refractivity contribution in [3.63, 3.8) is 0 Å². The van der Waals surface area contributed by atoms with Crippen LogP contribution < -0.4 is 5.32 Å². The minimum atomic E-state index is -0.349. The Morgan fingerprint density at radius 2 is 2.11 bits per heavy atom. The number of nitro groups is 1. The van der Waals surface area contributed by atoms with E-state index in [1.807, 2.05) is 12.1 Å². The molecule has 3 unspecified atom stereocenters. The molecule has 3 atom stereocenters. The molecule has 2 aliphatic heterocycles. The molecule has 19 heavy (non-hydrogen) atoms. The van der Waals surface area contributed by atoms with E-state index in [0.29, 0.717) is 6.04 Å². The predicted octanol–water partition coefficient (Wildman–Crippen LogP) is 1.63. The summed E-state index contributed by atoms with van der Waals surface area (Å²) < 4.78 is 0. The van der Waals surface area contributed by atoms with Crippen LogP contribution in [-0.2, 0) is 6.54 Å². The Labute approximate surface area is 112 Å². The van der Waals surface area contributed by atoms with Gasteiger partial charge in [0.2, 0.25) is 0 Å². The Bertz CT molecular complexity index is 474. The van der Waals surface area contributed by atoms with Crippen molar-refractivity contribution < 1.29 is 4.92 Å². The number of nitrogens with one attached hydrogen (secondary N) is 1. The summed E-state index contributed by atoms with van der Waals surface area (Å²) in [4.78, 5) is 12.8. The van der Waals surface area contributed by atoms with E-state index in [1.54, 1.807) is 12.1 Å². The number of hydrogen-bond acceptors (Lipinski definition) is 4. The van der Waals surface area contributed by atoms with Gasteiger partial charge < -0.3 is 5.32 Å². The van der Waals surface area contributed by atoms with E-state index in [-0.39, 0.29) is 10.6 Å². The first-order valence-electron chi connectivity index (χ1n) is 6.83. The molecule has 102 valence electrons. The summed E-state index contributed by atoms with van der Waals surface area (Å²) in [7, 11) is 0. The van der Waals surface area contributed by atoms with Crippen LogP contribution in [0.25, 0.3) is 0 Å². The van der Waals surface area contributed by atoms with Crippen LogP contribution in [-0.4, -0.2) is 35.5 Å². The fourth-order valence-corrected chi connectivity index (χ4v) is 3.42. The first kappa shape index (κ1) is 12.6. The van der Waals surface area contributed by atoms with Gasteiger partial charge >= 0.3 is 0 Å². The number of rotatable bonds is 3. The number of nitrogens with zero attached hydrogens (tertiary/aromatic N) is 2. The summed E-state index contributed by atoms with van der Waals surface area (Å²) in [5.74, 6) is 1.53. The molecule has 0 spiro atoms. The van der Waals surface area contributed by atoms with Gasteiger partial charge in [-0.1, -0.05) is 12.1 Å². The fraction of sp³-hybridized carbons (Fsp3) is 0.571. The van der Waals surface area contributed by atoms with Crippen LogP contribution in [0.3, 0.4) is 0 Å². The van der Waals surface area contributed by atoms with E-state index >= 15 is 0 Å². The molecule has 1 aromatic rings. The first-order valence-corrected chi connectivity index (χ1v) is 6.83. The van der Waals surface area contributed by atoms with E-state index < -0.39 is 0 Å². The van der Waals surface area contributed by atoms with Gasteiger partial charge in [0, 0.05) is 31.3 Å². The average molecular weight is 261 g/mol. The van der Waals surface area contributed by atoms with E-state index in [4.69, 9.17) is 0 Å². The molecular weight excluding hydrogens is 242 g/mol. The third-order valence-corrected chi connectivity index (χ3v) is 4.59.